The Labute approximate surface area is 72.3 Å². The van der Waals surface area contributed by atoms with Crippen molar-refractivity contribution >= 4 is 5.97 Å². The van der Waals surface area contributed by atoms with Gasteiger partial charge in [0, 0.05) is 6.08 Å². The van der Waals surface area contributed by atoms with Gasteiger partial charge < -0.3 is 9.84 Å². The van der Waals surface area contributed by atoms with Crippen molar-refractivity contribution in [3.8, 4) is 0 Å². The van der Waals surface area contributed by atoms with Crippen LogP contribution in [0.5, 0.6) is 0 Å². The molecule has 0 spiro atoms. The number of ether oxygens (including phenoxy) is 1. The van der Waals surface area contributed by atoms with Crippen molar-refractivity contribution < 1.29 is 14.6 Å². The van der Waals surface area contributed by atoms with E-state index in [1.165, 1.54) is 6.08 Å². The second kappa shape index (κ2) is 5.41. The second-order valence-corrected chi connectivity index (χ2v) is 2.85. The molecule has 0 rings (SSSR count). The van der Waals surface area contributed by atoms with E-state index < -0.39 is 5.97 Å². The van der Waals surface area contributed by atoms with Gasteiger partial charge in [0.25, 0.3) is 0 Å². The summed E-state index contributed by atoms with van der Waals surface area (Å²) in [6.45, 7) is 7.47. The third-order valence-corrected chi connectivity index (χ3v) is 0.971. The minimum atomic E-state index is -0.459. The monoisotopic (exact) mass is 170 g/mol. The van der Waals surface area contributed by atoms with Gasteiger partial charge >= 0.3 is 5.97 Å². The van der Waals surface area contributed by atoms with Crippen molar-refractivity contribution in [1.82, 2.24) is 0 Å². The Hall–Kier alpha value is -1.25. The number of allylic oxidation sites excluding steroid dienone is 1. The molecule has 0 saturated carbocycles. The maximum atomic E-state index is 10.8. The topological polar surface area (TPSA) is 46.5 Å². The second-order valence-electron chi connectivity index (χ2n) is 2.85. The van der Waals surface area contributed by atoms with Crippen LogP contribution < -0.4 is 0 Å². The van der Waals surface area contributed by atoms with Gasteiger partial charge in [-0.1, -0.05) is 20.4 Å². The van der Waals surface area contributed by atoms with Gasteiger partial charge in [0.1, 0.15) is 5.76 Å². The summed E-state index contributed by atoms with van der Waals surface area (Å²) in [5.74, 6) is -0.296. The molecule has 0 aromatic carbocycles. The summed E-state index contributed by atoms with van der Waals surface area (Å²) < 4.78 is 4.78. The van der Waals surface area contributed by atoms with E-state index in [9.17, 15) is 4.79 Å². The lowest BCUT2D eigenvalue weighted by Gasteiger charge is -2.03. The molecule has 1 N–H and O–H groups in total. The van der Waals surface area contributed by atoms with Crippen LogP contribution in [0.3, 0.4) is 0 Å². The molecule has 0 radical (unpaired) electrons. The first-order chi connectivity index (χ1) is 5.52. The Kier molecular flexibility index (Phi) is 4.84. The molecule has 0 aliphatic rings. The summed E-state index contributed by atoms with van der Waals surface area (Å²) in [5, 5.41) is 8.59. The number of carbonyl (C=O) groups excluding carboxylic acids is 1. The highest BCUT2D eigenvalue weighted by molar-refractivity contribution is 5.82. The van der Waals surface area contributed by atoms with Crippen LogP contribution >= 0.6 is 0 Å². The maximum Gasteiger partial charge on any atom is 0.330 e. The Balaban J connectivity index is 3.67. The highest BCUT2D eigenvalue weighted by Crippen LogP contribution is 1.94. The molecule has 0 saturated heterocycles. The lowest BCUT2D eigenvalue weighted by Crippen LogP contribution is -2.07. The zero-order valence-electron chi connectivity index (χ0n) is 7.41. The molecule has 0 amide bonds. The van der Waals surface area contributed by atoms with Crippen LogP contribution in [-0.4, -0.2) is 17.7 Å². The van der Waals surface area contributed by atoms with Gasteiger partial charge in [0.2, 0.25) is 0 Å². The largest absolute Gasteiger partial charge is 0.509 e. The molecule has 3 heteroatoms. The zero-order valence-corrected chi connectivity index (χ0v) is 7.41. The van der Waals surface area contributed by atoms with E-state index in [1.54, 1.807) is 0 Å². The number of hydrogen-bond donors (Lipinski definition) is 1. The van der Waals surface area contributed by atoms with Crippen LogP contribution in [0.25, 0.3) is 0 Å². The quantitative estimate of drug-likeness (QED) is 0.303. The van der Waals surface area contributed by atoms with Gasteiger partial charge in [-0.25, -0.2) is 4.79 Å². The zero-order chi connectivity index (χ0) is 9.56. The highest BCUT2D eigenvalue weighted by atomic mass is 16.5. The smallest absolute Gasteiger partial charge is 0.330 e. The molecule has 0 atom stereocenters. The van der Waals surface area contributed by atoms with Crippen molar-refractivity contribution in [2.24, 2.45) is 5.92 Å². The first-order valence-corrected chi connectivity index (χ1v) is 3.75. The summed E-state index contributed by atoms with van der Waals surface area (Å²) >= 11 is 0. The first-order valence-electron chi connectivity index (χ1n) is 3.75. The molecule has 68 valence electrons. The van der Waals surface area contributed by atoms with E-state index in [0.717, 1.165) is 6.08 Å². The Morgan fingerprint density at radius 3 is 2.58 bits per heavy atom. The van der Waals surface area contributed by atoms with Crippen LogP contribution in [-0.2, 0) is 9.53 Å². The van der Waals surface area contributed by atoms with Crippen LogP contribution in [0, 0.1) is 5.92 Å². The summed E-state index contributed by atoms with van der Waals surface area (Å²) in [6, 6.07) is 0. The molecular weight excluding hydrogens is 156 g/mol. The van der Waals surface area contributed by atoms with Gasteiger partial charge in [-0.2, -0.15) is 0 Å². The van der Waals surface area contributed by atoms with E-state index in [0.29, 0.717) is 12.5 Å². The minimum absolute atomic E-state index is 0.156. The molecule has 12 heavy (non-hydrogen) atoms. The van der Waals surface area contributed by atoms with Crippen LogP contribution in [0.4, 0.5) is 0 Å². The molecule has 0 unspecified atom stereocenters. The predicted molar refractivity (Wildman–Crippen MR) is 46.7 cm³/mol. The number of carbonyl (C=O) groups is 1. The summed E-state index contributed by atoms with van der Waals surface area (Å²) in [6.07, 6.45) is 2.34. The summed E-state index contributed by atoms with van der Waals surface area (Å²) in [4.78, 5) is 10.8. The van der Waals surface area contributed by atoms with Crippen LogP contribution in [0.2, 0.25) is 0 Å². The van der Waals surface area contributed by atoms with Crippen LogP contribution in [0.1, 0.15) is 13.8 Å². The number of aliphatic hydroxyl groups is 1. The number of rotatable bonds is 4. The normalized spacial score (nSPS) is 10.6. The third-order valence-electron chi connectivity index (χ3n) is 0.971. The molecule has 0 aliphatic carbocycles. The third kappa shape index (κ3) is 6.86. The summed E-state index contributed by atoms with van der Waals surface area (Å²) in [5.41, 5.74) is 0. The van der Waals surface area contributed by atoms with E-state index in [4.69, 9.17) is 9.84 Å². The fraction of sp³-hybridized carbons (Fsp3) is 0.444. The molecule has 0 heterocycles. The Morgan fingerprint density at radius 2 is 2.17 bits per heavy atom. The molecule has 0 aliphatic heterocycles. The molecular formula is C9H14O3. The lowest BCUT2D eigenvalue weighted by molar-refractivity contribution is -0.138. The first kappa shape index (κ1) is 10.8. The molecule has 0 bridgehead atoms. The predicted octanol–water partition coefficient (Wildman–Crippen LogP) is 1.81. The van der Waals surface area contributed by atoms with Crippen molar-refractivity contribution in [3.63, 3.8) is 0 Å². The van der Waals surface area contributed by atoms with Crippen molar-refractivity contribution in [2.45, 2.75) is 13.8 Å². The van der Waals surface area contributed by atoms with Crippen LogP contribution in [0.15, 0.2) is 24.5 Å². The average Bonchev–Trinajstić information content (AvgIpc) is 1.96. The van der Waals surface area contributed by atoms with Crippen molar-refractivity contribution in [1.29, 1.82) is 0 Å². The number of aliphatic hydroxyl groups excluding tert-OH is 1. The molecule has 0 aromatic heterocycles. The average molecular weight is 170 g/mol. The van der Waals surface area contributed by atoms with E-state index >= 15 is 0 Å². The van der Waals surface area contributed by atoms with Crippen molar-refractivity contribution in [2.75, 3.05) is 6.61 Å². The van der Waals surface area contributed by atoms with E-state index in [-0.39, 0.29) is 5.76 Å². The Morgan fingerprint density at radius 1 is 1.58 bits per heavy atom. The fourth-order valence-corrected chi connectivity index (χ4v) is 0.461. The highest BCUT2D eigenvalue weighted by Gasteiger charge is 1.98. The van der Waals surface area contributed by atoms with Gasteiger partial charge in [-0.3, -0.25) is 0 Å². The van der Waals surface area contributed by atoms with Gasteiger partial charge in [0.05, 0.1) is 6.61 Å². The molecule has 0 fully saturated rings. The summed E-state index contributed by atoms with van der Waals surface area (Å²) in [7, 11) is 0. The van der Waals surface area contributed by atoms with Gasteiger partial charge in [0.15, 0.2) is 0 Å². The Bertz CT molecular complexity index is 192. The molecule has 3 nitrogen and oxygen atoms in total. The SMILES string of the molecule is C=C(O)/C=C/C(=O)OCC(C)C. The van der Waals surface area contributed by atoms with Crippen molar-refractivity contribution in [3.05, 3.63) is 24.5 Å². The van der Waals surface area contributed by atoms with E-state index in [2.05, 4.69) is 6.58 Å². The number of hydrogen-bond acceptors (Lipinski definition) is 3. The van der Waals surface area contributed by atoms with E-state index in [1.807, 2.05) is 13.8 Å². The fourth-order valence-electron chi connectivity index (χ4n) is 0.461. The lowest BCUT2D eigenvalue weighted by atomic mass is 10.2. The van der Waals surface area contributed by atoms with Gasteiger partial charge in [-0.05, 0) is 12.0 Å². The van der Waals surface area contributed by atoms with Gasteiger partial charge in [-0.15, -0.1) is 0 Å². The molecule has 0 aromatic rings. The maximum absolute atomic E-state index is 10.8. The minimum Gasteiger partial charge on any atom is -0.509 e. The standard InChI is InChI=1S/C9H14O3/c1-7(2)6-12-9(11)5-4-8(3)10/h4-5,7,10H,3,6H2,1-2H3/b5-4+. The number of esters is 1.